The van der Waals surface area contributed by atoms with Gasteiger partial charge in [-0.2, -0.15) is 0 Å². The zero-order valence-electron chi connectivity index (χ0n) is 11.1. The van der Waals surface area contributed by atoms with Crippen molar-refractivity contribution >= 4 is 45.8 Å². The Bertz CT molecular complexity index is 821. The molecule has 0 unspecified atom stereocenters. The van der Waals surface area contributed by atoms with Crippen LogP contribution in [0, 0.1) is 0 Å². The van der Waals surface area contributed by atoms with Gasteiger partial charge in [0.25, 0.3) is 0 Å². The third kappa shape index (κ3) is 3.21. The summed E-state index contributed by atoms with van der Waals surface area (Å²) in [5, 5.41) is 9.66. The molecule has 2 aromatic carbocycles. The zero-order chi connectivity index (χ0) is 14.8. The van der Waals surface area contributed by atoms with Gasteiger partial charge in [-0.05, 0) is 23.8 Å². The molecule has 0 aliphatic carbocycles. The highest BCUT2D eigenvalue weighted by molar-refractivity contribution is 6.15. The van der Waals surface area contributed by atoms with E-state index in [-0.39, 0.29) is 35.3 Å². The Morgan fingerprint density at radius 2 is 1.77 bits per heavy atom. The fraction of sp³-hybridized carbons (Fsp3) is 0.0588. The van der Waals surface area contributed by atoms with Crippen LogP contribution in [0.3, 0.4) is 0 Å². The number of ketones is 1. The molecule has 4 nitrogen and oxygen atoms in total. The quantitative estimate of drug-likeness (QED) is 0.593. The first-order valence-electron chi connectivity index (χ1n) is 6.47. The standard InChI is InChI=1S/C17H12O4.Mg.2H/c18-15(19)10-11-8-13-6-7-21-17(13)14(9-11)16(20)12-4-2-1-3-5-12;;;/h1-9H,10H2,(H,18,19);;;. The average Bonchev–Trinajstić information content (AvgIpc) is 2.94. The molecule has 1 aromatic heterocycles. The number of carbonyl (C=O) groups is 2. The molecule has 5 heteroatoms. The summed E-state index contributed by atoms with van der Waals surface area (Å²) >= 11 is 0. The summed E-state index contributed by atoms with van der Waals surface area (Å²) in [6.07, 6.45) is 1.37. The molecule has 1 heterocycles. The summed E-state index contributed by atoms with van der Waals surface area (Å²) in [4.78, 5) is 23.5. The SMILES string of the molecule is O=C(O)Cc1cc(C(=O)c2ccccc2)c2occc2c1.[MgH2]. The summed E-state index contributed by atoms with van der Waals surface area (Å²) < 4.78 is 5.38. The number of rotatable bonds is 4. The molecule has 0 radical (unpaired) electrons. The van der Waals surface area contributed by atoms with Crippen molar-refractivity contribution < 1.29 is 19.1 Å². The third-order valence-electron chi connectivity index (χ3n) is 3.25. The maximum Gasteiger partial charge on any atom is 0.316 e. The smallest absolute Gasteiger partial charge is 0.316 e. The minimum Gasteiger partial charge on any atom is -0.481 e. The largest absolute Gasteiger partial charge is 0.481 e. The highest BCUT2D eigenvalue weighted by Crippen LogP contribution is 2.25. The molecule has 0 aliphatic rings. The molecule has 1 N–H and O–H groups in total. The predicted octanol–water partition coefficient (Wildman–Crippen LogP) is 2.37. The van der Waals surface area contributed by atoms with Gasteiger partial charge in [0.1, 0.15) is 5.58 Å². The molecule has 0 amide bonds. The van der Waals surface area contributed by atoms with Gasteiger partial charge in [0.15, 0.2) is 5.78 Å². The number of hydrogen-bond acceptors (Lipinski definition) is 3. The van der Waals surface area contributed by atoms with Crippen molar-refractivity contribution in [3.05, 3.63) is 71.5 Å². The summed E-state index contributed by atoms with van der Waals surface area (Å²) in [5.74, 6) is -1.11. The lowest BCUT2D eigenvalue weighted by atomic mass is 9.98. The van der Waals surface area contributed by atoms with E-state index in [0.717, 1.165) is 5.39 Å². The van der Waals surface area contributed by atoms with Crippen molar-refractivity contribution in [3.8, 4) is 0 Å². The van der Waals surface area contributed by atoms with Crippen LogP contribution in [0.1, 0.15) is 21.5 Å². The Kier molecular flexibility index (Phi) is 5.00. The fourth-order valence-corrected chi connectivity index (χ4v) is 2.33. The van der Waals surface area contributed by atoms with Gasteiger partial charge in [-0.15, -0.1) is 0 Å². The van der Waals surface area contributed by atoms with E-state index < -0.39 is 5.97 Å². The van der Waals surface area contributed by atoms with Crippen molar-refractivity contribution in [3.63, 3.8) is 0 Å². The molecular weight excluding hydrogens is 292 g/mol. The van der Waals surface area contributed by atoms with Gasteiger partial charge in [-0.25, -0.2) is 0 Å². The zero-order valence-corrected chi connectivity index (χ0v) is 11.1. The third-order valence-corrected chi connectivity index (χ3v) is 3.25. The van der Waals surface area contributed by atoms with E-state index >= 15 is 0 Å². The molecule has 0 atom stereocenters. The van der Waals surface area contributed by atoms with Gasteiger partial charge in [0.05, 0.1) is 18.2 Å². The number of benzene rings is 2. The van der Waals surface area contributed by atoms with Crippen LogP contribution < -0.4 is 0 Å². The normalized spacial score (nSPS) is 10.2. The second-order valence-electron chi connectivity index (χ2n) is 4.75. The summed E-state index contributed by atoms with van der Waals surface area (Å²) in [6.45, 7) is 0. The minimum atomic E-state index is -0.934. The Morgan fingerprint density at radius 3 is 2.45 bits per heavy atom. The Labute approximate surface area is 142 Å². The van der Waals surface area contributed by atoms with E-state index in [1.165, 1.54) is 6.26 Å². The first-order chi connectivity index (χ1) is 10.1. The average molecular weight is 307 g/mol. The van der Waals surface area contributed by atoms with Crippen LogP contribution in [-0.4, -0.2) is 39.9 Å². The first kappa shape index (κ1) is 16.3. The molecular formula is C17H14MgO4. The van der Waals surface area contributed by atoms with Crippen molar-refractivity contribution in [1.82, 2.24) is 0 Å². The number of carboxylic acid groups (broad SMARTS) is 1. The van der Waals surface area contributed by atoms with Gasteiger partial charge >= 0.3 is 29.0 Å². The topological polar surface area (TPSA) is 67.5 Å². The van der Waals surface area contributed by atoms with E-state index in [2.05, 4.69) is 0 Å². The van der Waals surface area contributed by atoms with Gasteiger partial charge in [-0.3, -0.25) is 9.59 Å². The van der Waals surface area contributed by atoms with E-state index in [1.807, 2.05) is 6.07 Å². The lowest BCUT2D eigenvalue weighted by Crippen LogP contribution is -2.05. The molecule has 3 rings (SSSR count). The predicted molar refractivity (Wildman–Crippen MR) is 86.0 cm³/mol. The van der Waals surface area contributed by atoms with Crippen molar-refractivity contribution in [1.29, 1.82) is 0 Å². The van der Waals surface area contributed by atoms with Crippen molar-refractivity contribution in [2.45, 2.75) is 6.42 Å². The second kappa shape index (κ2) is 6.76. The second-order valence-corrected chi connectivity index (χ2v) is 4.75. The molecule has 0 saturated heterocycles. The summed E-state index contributed by atoms with van der Waals surface area (Å²) in [6, 6.07) is 13.9. The summed E-state index contributed by atoms with van der Waals surface area (Å²) in [5.41, 5.74) is 2.00. The highest BCUT2D eigenvalue weighted by Gasteiger charge is 2.17. The van der Waals surface area contributed by atoms with Crippen molar-refractivity contribution in [2.75, 3.05) is 0 Å². The Balaban J connectivity index is 0.00000176. The monoisotopic (exact) mass is 306 g/mol. The molecule has 0 fully saturated rings. The number of furan rings is 1. The number of carbonyl (C=O) groups excluding carboxylic acids is 1. The number of fused-ring (bicyclic) bond motifs is 1. The van der Waals surface area contributed by atoms with Gasteiger partial charge in [0, 0.05) is 10.9 Å². The molecule has 3 aromatic rings. The number of hydrogen-bond donors (Lipinski definition) is 1. The number of aliphatic carboxylic acids is 1. The van der Waals surface area contributed by atoms with E-state index in [4.69, 9.17) is 9.52 Å². The van der Waals surface area contributed by atoms with Gasteiger partial charge in [-0.1, -0.05) is 30.3 Å². The fourth-order valence-electron chi connectivity index (χ4n) is 2.33. The van der Waals surface area contributed by atoms with Crippen LogP contribution >= 0.6 is 0 Å². The van der Waals surface area contributed by atoms with Crippen LogP contribution in [0.5, 0.6) is 0 Å². The van der Waals surface area contributed by atoms with Crippen LogP contribution in [0.25, 0.3) is 11.0 Å². The summed E-state index contributed by atoms with van der Waals surface area (Å²) in [7, 11) is 0. The van der Waals surface area contributed by atoms with Crippen molar-refractivity contribution in [2.24, 2.45) is 0 Å². The van der Waals surface area contributed by atoms with E-state index in [1.54, 1.807) is 42.5 Å². The van der Waals surface area contributed by atoms with E-state index in [0.29, 0.717) is 22.3 Å². The van der Waals surface area contributed by atoms with Crippen LogP contribution in [0.2, 0.25) is 0 Å². The number of carboxylic acids is 1. The molecule has 0 bridgehead atoms. The maximum absolute atomic E-state index is 12.6. The van der Waals surface area contributed by atoms with Crippen LogP contribution in [-0.2, 0) is 11.2 Å². The molecule has 108 valence electrons. The van der Waals surface area contributed by atoms with Crippen LogP contribution in [0.4, 0.5) is 0 Å². The minimum absolute atomic E-state index is 0. The Hall–Kier alpha value is -2.11. The maximum atomic E-state index is 12.6. The van der Waals surface area contributed by atoms with E-state index in [9.17, 15) is 9.59 Å². The molecule has 0 spiro atoms. The van der Waals surface area contributed by atoms with Gasteiger partial charge < -0.3 is 9.52 Å². The first-order valence-corrected chi connectivity index (χ1v) is 6.47. The lowest BCUT2D eigenvalue weighted by Gasteiger charge is -2.05. The lowest BCUT2D eigenvalue weighted by molar-refractivity contribution is -0.136. The molecule has 22 heavy (non-hydrogen) atoms. The molecule has 0 saturated carbocycles. The van der Waals surface area contributed by atoms with Crippen LogP contribution in [0.15, 0.2) is 59.2 Å². The molecule has 0 aliphatic heterocycles. The highest BCUT2D eigenvalue weighted by atomic mass is 24.3. The Morgan fingerprint density at radius 1 is 1.05 bits per heavy atom. The van der Waals surface area contributed by atoms with Gasteiger partial charge in [0.2, 0.25) is 0 Å².